The summed E-state index contributed by atoms with van der Waals surface area (Å²) in [5, 5.41) is 6.97. The molecule has 2 N–H and O–H groups in total. The minimum Gasteiger partial charge on any atom is -0.352 e. The van der Waals surface area contributed by atoms with E-state index in [1.165, 1.54) is 38.5 Å². The fraction of sp³-hybridized carbons (Fsp3) is 0.941. The summed E-state index contributed by atoms with van der Waals surface area (Å²) >= 11 is 0. The van der Waals surface area contributed by atoms with Crippen LogP contribution in [0, 0.1) is 17.8 Å². The first-order chi connectivity index (χ1) is 9.65. The highest BCUT2D eigenvalue weighted by Gasteiger charge is 2.36. The van der Waals surface area contributed by atoms with Gasteiger partial charge in [0.1, 0.15) is 0 Å². The summed E-state index contributed by atoms with van der Waals surface area (Å²) in [6, 6.07) is 1.08. The summed E-state index contributed by atoms with van der Waals surface area (Å²) in [5.41, 5.74) is 0. The van der Waals surface area contributed by atoms with Crippen LogP contribution >= 0.6 is 0 Å². The second-order valence-corrected chi connectivity index (χ2v) is 7.48. The summed E-state index contributed by atoms with van der Waals surface area (Å²) < 4.78 is 0. The van der Waals surface area contributed by atoms with Crippen LogP contribution in [0.15, 0.2) is 0 Å². The van der Waals surface area contributed by atoms with Gasteiger partial charge in [0.2, 0.25) is 5.91 Å². The van der Waals surface area contributed by atoms with E-state index in [1.54, 1.807) is 0 Å². The van der Waals surface area contributed by atoms with Crippen LogP contribution in [-0.4, -0.2) is 24.0 Å². The van der Waals surface area contributed by atoms with Gasteiger partial charge in [-0.25, -0.2) is 0 Å². The molecule has 0 spiro atoms. The Morgan fingerprint density at radius 1 is 1.00 bits per heavy atom. The molecule has 0 aromatic carbocycles. The highest BCUT2D eigenvalue weighted by molar-refractivity contribution is 5.82. The van der Waals surface area contributed by atoms with Crippen molar-refractivity contribution in [2.45, 2.75) is 83.3 Å². The maximum atomic E-state index is 12.5. The number of hydrogen-bond donors (Lipinski definition) is 2. The predicted molar refractivity (Wildman–Crippen MR) is 81.4 cm³/mol. The van der Waals surface area contributed by atoms with E-state index in [1.807, 2.05) is 0 Å². The predicted octanol–water partition coefficient (Wildman–Crippen LogP) is 2.85. The third-order valence-electron chi connectivity index (χ3n) is 6.26. The number of amides is 1. The maximum absolute atomic E-state index is 12.5. The van der Waals surface area contributed by atoms with Gasteiger partial charge in [0, 0.05) is 12.1 Å². The van der Waals surface area contributed by atoms with E-state index in [4.69, 9.17) is 0 Å². The Morgan fingerprint density at radius 3 is 2.55 bits per heavy atom. The lowest BCUT2D eigenvalue weighted by molar-refractivity contribution is -0.125. The molecule has 6 atom stereocenters. The van der Waals surface area contributed by atoms with Gasteiger partial charge < -0.3 is 10.6 Å². The molecule has 0 radical (unpaired) electrons. The van der Waals surface area contributed by atoms with Crippen LogP contribution in [0.4, 0.5) is 0 Å². The molecule has 1 heterocycles. The van der Waals surface area contributed by atoms with Crippen LogP contribution in [0.3, 0.4) is 0 Å². The first kappa shape index (κ1) is 14.4. The van der Waals surface area contributed by atoms with Gasteiger partial charge in [-0.2, -0.15) is 0 Å². The Hall–Kier alpha value is -0.570. The monoisotopic (exact) mass is 278 g/mol. The van der Waals surface area contributed by atoms with Crippen LogP contribution in [0.2, 0.25) is 0 Å². The van der Waals surface area contributed by atoms with Gasteiger partial charge in [0.15, 0.2) is 0 Å². The summed E-state index contributed by atoms with van der Waals surface area (Å²) in [6.45, 7) is 4.59. The van der Waals surface area contributed by atoms with Crippen molar-refractivity contribution in [3.05, 3.63) is 0 Å². The van der Waals surface area contributed by atoms with E-state index >= 15 is 0 Å². The molecule has 3 aliphatic rings. The zero-order valence-electron chi connectivity index (χ0n) is 13.0. The largest absolute Gasteiger partial charge is 0.352 e. The van der Waals surface area contributed by atoms with Gasteiger partial charge in [-0.1, -0.05) is 26.7 Å². The van der Waals surface area contributed by atoms with Crippen molar-refractivity contribution >= 4 is 5.91 Å². The Bertz CT molecular complexity index is 357. The number of nitrogens with one attached hydrogen (secondary N) is 2. The average molecular weight is 278 g/mol. The number of rotatable bonds is 2. The van der Waals surface area contributed by atoms with Crippen molar-refractivity contribution in [3.8, 4) is 0 Å². The summed E-state index contributed by atoms with van der Waals surface area (Å²) in [6.07, 6.45) is 10.0. The molecule has 3 heteroatoms. The van der Waals surface area contributed by atoms with Crippen LogP contribution in [0.25, 0.3) is 0 Å². The second kappa shape index (κ2) is 6.05. The lowest BCUT2D eigenvalue weighted by atomic mass is 9.77. The van der Waals surface area contributed by atoms with E-state index in [2.05, 4.69) is 24.5 Å². The smallest absolute Gasteiger partial charge is 0.237 e. The zero-order chi connectivity index (χ0) is 14.1. The Morgan fingerprint density at radius 2 is 1.80 bits per heavy atom. The molecular weight excluding hydrogens is 248 g/mol. The van der Waals surface area contributed by atoms with Gasteiger partial charge >= 0.3 is 0 Å². The average Bonchev–Trinajstić information content (AvgIpc) is 2.78. The summed E-state index contributed by atoms with van der Waals surface area (Å²) in [5.74, 6) is 2.48. The van der Waals surface area contributed by atoms with Crippen molar-refractivity contribution in [2.75, 3.05) is 0 Å². The minimum atomic E-state index is 0.0671. The van der Waals surface area contributed by atoms with Crippen molar-refractivity contribution in [3.63, 3.8) is 0 Å². The normalized spacial score (nSPS) is 44.9. The SMILES string of the molecule is CC1CCC(NC(=O)C2CCC3CCCCC3N2)C1C. The molecule has 0 bridgehead atoms. The van der Waals surface area contributed by atoms with Crippen LogP contribution in [-0.2, 0) is 4.79 Å². The topological polar surface area (TPSA) is 41.1 Å². The second-order valence-electron chi connectivity index (χ2n) is 7.48. The molecule has 20 heavy (non-hydrogen) atoms. The molecule has 2 saturated carbocycles. The van der Waals surface area contributed by atoms with Gasteiger partial charge in [0.25, 0.3) is 0 Å². The van der Waals surface area contributed by atoms with Gasteiger partial charge in [0.05, 0.1) is 6.04 Å². The molecular formula is C17H30N2O. The zero-order valence-corrected chi connectivity index (χ0v) is 13.0. The van der Waals surface area contributed by atoms with Crippen molar-refractivity contribution < 1.29 is 4.79 Å². The fourth-order valence-electron chi connectivity index (χ4n) is 4.55. The molecule has 1 aliphatic heterocycles. The number of hydrogen-bond acceptors (Lipinski definition) is 2. The number of carbonyl (C=O) groups excluding carboxylic acids is 1. The Kier molecular flexibility index (Phi) is 4.34. The first-order valence-electron chi connectivity index (χ1n) is 8.71. The standard InChI is InChI=1S/C17H30N2O/c1-11-7-9-14(12(11)2)19-17(20)16-10-8-13-5-3-4-6-15(13)18-16/h11-16,18H,3-10H2,1-2H3,(H,19,20). The van der Waals surface area contributed by atoms with Crippen LogP contribution in [0.5, 0.6) is 0 Å². The number of piperidine rings is 1. The highest BCUT2D eigenvalue weighted by atomic mass is 16.2. The molecule has 1 amide bonds. The van der Waals surface area contributed by atoms with Crippen molar-refractivity contribution in [1.82, 2.24) is 10.6 Å². The summed E-state index contributed by atoms with van der Waals surface area (Å²) in [7, 11) is 0. The molecule has 114 valence electrons. The minimum absolute atomic E-state index is 0.0671. The van der Waals surface area contributed by atoms with Gasteiger partial charge in [-0.15, -0.1) is 0 Å². The molecule has 3 rings (SSSR count). The van der Waals surface area contributed by atoms with Crippen molar-refractivity contribution in [2.24, 2.45) is 17.8 Å². The van der Waals surface area contributed by atoms with Gasteiger partial charge in [-0.3, -0.25) is 4.79 Å². The molecule has 0 aromatic rings. The van der Waals surface area contributed by atoms with E-state index in [9.17, 15) is 4.79 Å². The summed E-state index contributed by atoms with van der Waals surface area (Å²) in [4.78, 5) is 12.5. The molecule has 2 aliphatic carbocycles. The molecule has 0 aromatic heterocycles. The Labute approximate surface area is 123 Å². The lowest BCUT2D eigenvalue weighted by Crippen LogP contribution is -2.56. The third-order valence-corrected chi connectivity index (χ3v) is 6.26. The molecule has 3 nitrogen and oxygen atoms in total. The number of fused-ring (bicyclic) bond motifs is 1. The highest BCUT2D eigenvalue weighted by Crippen LogP contribution is 2.33. The van der Waals surface area contributed by atoms with E-state index in [0.29, 0.717) is 18.0 Å². The third kappa shape index (κ3) is 2.88. The van der Waals surface area contributed by atoms with Crippen molar-refractivity contribution in [1.29, 1.82) is 0 Å². The van der Waals surface area contributed by atoms with Gasteiger partial charge in [-0.05, 0) is 56.3 Å². The number of carbonyl (C=O) groups is 1. The molecule has 1 saturated heterocycles. The lowest BCUT2D eigenvalue weighted by Gasteiger charge is -2.40. The van der Waals surface area contributed by atoms with E-state index in [0.717, 1.165) is 24.7 Å². The van der Waals surface area contributed by atoms with Crippen LogP contribution < -0.4 is 10.6 Å². The molecule has 3 fully saturated rings. The first-order valence-corrected chi connectivity index (χ1v) is 8.71. The fourth-order valence-corrected chi connectivity index (χ4v) is 4.55. The van der Waals surface area contributed by atoms with E-state index in [-0.39, 0.29) is 11.9 Å². The van der Waals surface area contributed by atoms with E-state index < -0.39 is 0 Å². The molecule has 6 unspecified atom stereocenters. The maximum Gasteiger partial charge on any atom is 0.237 e. The quantitative estimate of drug-likeness (QED) is 0.815. The van der Waals surface area contributed by atoms with Crippen LogP contribution in [0.1, 0.15) is 65.2 Å². The Balaban J connectivity index is 1.53.